The van der Waals surface area contributed by atoms with Gasteiger partial charge in [0.2, 0.25) is 0 Å². The van der Waals surface area contributed by atoms with Gasteiger partial charge < -0.3 is 20.1 Å². The molecule has 2 atom stereocenters. The summed E-state index contributed by atoms with van der Waals surface area (Å²) in [5, 5.41) is 5.16. The lowest BCUT2D eigenvalue weighted by atomic mass is 10.3. The molecule has 0 spiro atoms. The van der Waals surface area contributed by atoms with E-state index >= 15 is 0 Å². The van der Waals surface area contributed by atoms with Crippen molar-refractivity contribution < 1.29 is 28.7 Å². The van der Waals surface area contributed by atoms with E-state index in [1.165, 1.54) is 13.8 Å². The maximum atomic E-state index is 11.5. The van der Waals surface area contributed by atoms with E-state index in [0.717, 1.165) is 25.0 Å². The molecule has 2 amide bonds. The van der Waals surface area contributed by atoms with Crippen LogP contribution in [0.1, 0.15) is 40.5 Å². The van der Waals surface area contributed by atoms with Crippen LogP contribution in [0.3, 0.4) is 0 Å². The zero-order valence-electron chi connectivity index (χ0n) is 14.6. The molecule has 0 fully saturated rings. The Labute approximate surface area is 141 Å². The molecule has 0 aliphatic heterocycles. The molecule has 8 heteroatoms. The van der Waals surface area contributed by atoms with E-state index in [0.29, 0.717) is 13.1 Å². The Balaban J connectivity index is 4.27. The molecular weight excluding hydrogens is 316 g/mol. The van der Waals surface area contributed by atoms with E-state index in [1.807, 2.05) is 13.8 Å². The Bertz CT molecular complexity index is 433. The Hall–Kier alpha value is -2.38. The first-order valence-corrected chi connectivity index (χ1v) is 7.96. The number of hydrogen-bond acceptors (Lipinski definition) is 6. The van der Waals surface area contributed by atoms with Gasteiger partial charge in [0.05, 0.1) is 0 Å². The molecule has 0 radical (unpaired) electrons. The van der Waals surface area contributed by atoms with Gasteiger partial charge in [0, 0.05) is 25.2 Å². The summed E-state index contributed by atoms with van der Waals surface area (Å²) in [6, 6.07) is 0. The fourth-order valence-corrected chi connectivity index (χ4v) is 1.45. The van der Waals surface area contributed by atoms with Gasteiger partial charge in [-0.05, 0) is 26.7 Å². The normalized spacial score (nSPS) is 13.0. The second-order valence-corrected chi connectivity index (χ2v) is 5.07. The van der Waals surface area contributed by atoms with Crippen molar-refractivity contribution in [3.8, 4) is 0 Å². The molecule has 0 aromatic rings. The summed E-state index contributed by atoms with van der Waals surface area (Å²) in [5.41, 5.74) is 0. The van der Waals surface area contributed by atoms with E-state index < -0.39 is 36.0 Å². The van der Waals surface area contributed by atoms with Crippen LogP contribution in [0, 0.1) is 0 Å². The Morgan fingerprint density at radius 2 is 1.12 bits per heavy atom. The monoisotopic (exact) mass is 342 g/mol. The van der Waals surface area contributed by atoms with Crippen molar-refractivity contribution in [3.63, 3.8) is 0 Å². The Kier molecular flexibility index (Phi) is 10.9. The van der Waals surface area contributed by atoms with Crippen molar-refractivity contribution in [1.82, 2.24) is 10.6 Å². The Morgan fingerprint density at radius 1 is 0.792 bits per heavy atom. The maximum Gasteiger partial charge on any atom is 0.331 e. The minimum absolute atomic E-state index is 0.414. The number of carbonyl (C=O) groups is 4. The third-order valence-corrected chi connectivity index (χ3v) is 2.78. The molecule has 0 saturated heterocycles. The molecule has 136 valence electrons. The third kappa shape index (κ3) is 9.60. The van der Waals surface area contributed by atoms with Gasteiger partial charge in [0.15, 0.2) is 12.2 Å². The highest BCUT2D eigenvalue weighted by atomic mass is 16.6. The van der Waals surface area contributed by atoms with E-state index in [9.17, 15) is 19.2 Å². The van der Waals surface area contributed by atoms with Crippen molar-refractivity contribution in [3.05, 3.63) is 12.2 Å². The summed E-state index contributed by atoms with van der Waals surface area (Å²) in [4.78, 5) is 46.1. The minimum Gasteiger partial charge on any atom is -0.449 e. The van der Waals surface area contributed by atoms with Crippen molar-refractivity contribution in [2.75, 3.05) is 13.1 Å². The SMILES string of the molecule is CCCNC(=O)[C@H](C)OC(=O)/C=C/C(=O)O[C@@H](C)C(=O)NCCC. The van der Waals surface area contributed by atoms with E-state index in [2.05, 4.69) is 10.6 Å². The fourth-order valence-electron chi connectivity index (χ4n) is 1.45. The molecule has 0 rings (SSSR count). The summed E-state index contributed by atoms with van der Waals surface area (Å²) in [6.07, 6.45) is 1.29. The van der Waals surface area contributed by atoms with Crippen LogP contribution in [-0.2, 0) is 28.7 Å². The summed E-state index contributed by atoms with van der Waals surface area (Å²) in [7, 11) is 0. The maximum absolute atomic E-state index is 11.5. The Morgan fingerprint density at radius 3 is 1.42 bits per heavy atom. The van der Waals surface area contributed by atoms with Gasteiger partial charge in [-0.1, -0.05) is 13.8 Å². The molecule has 0 bridgehead atoms. The molecule has 0 aliphatic rings. The average Bonchev–Trinajstić information content (AvgIpc) is 2.55. The zero-order chi connectivity index (χ0) is 18.5. The van der Waals surface area contributed by atoms with Gasteiger partial charge in [0.25, 0.3) is 11.8 Å². The van der Waals surface area contributed by atoms with Gasteiger partial charge in [0.1, 0.15) is 0 Å². The number of amides is 2. The minimum atomic E-state index is -0.969. The number of rotatable bonds is 10. The van der Waals surface area contributed by atoms with Gasteiger partial charge in [-0.15, -0.1) is 0 Å². The van der Waals surface area contributed by atoms with E-state index in [4.69, 9.17) is 9.47 Å². The fraction of sp³-hybridized carbons (Fsp3) is 0.625. The van der Waals surface area contributed by atoms with Crippen LogP contribution in [0.5, 0.6) is 0 Å². The second kappa shape index (κ2) is 12.1. The average molecular weight is 342 g/mol. The number of hydrogen-bond donors (Lipinski definition) is 2. The molecule has 0 aromatic carbocycles. The van der Waals surface area contributed by atoms with Gasteiger partial charge in [-0.25, -0.2) is 9.59 Å². The molecule has 8 nitrogen and oxygen atoms in total. The van der Waals surface area contributed by atoms with Gasteiger partial charge in [-0.3, -0.25) is 9.59 Å². The van der Waals surface area contributed by atoms with Crippen LogP contribution in [0.15, 0.2) is 12.2 Å². The number of nitrogens with one attached hydrogen (secondary N) is 2. The summed E-state index contributed by atoms with van der Waals surface area (Å²) in [5.74, 6) is -2.53. The lowest BCUT2D eigenvalue weighted by molar-refractivity contribution is -0.151. The summed E-state index contributed by atoms with van der Waals surface area (Å²) >= 11 is 0. The summed E-state index contributed by atoms with van der Waals surface area (Å²) < 4.78 is 9.68. The van der Waals surface area contributed by atoms with E-state index in [-0.39, 0.29) is 0 Å². The first-order valence-electron chi connectivity index (χ1n) is 7.96. The van der Waals surface area contributed by atoms with Crippen molar-refractivity contribution in [2.45, 2.75) is 52.7 Å². The third-order valence-electron chi connectivity index (χ3n) is 2.78. The van der Waals surface area contributed by atoms with Crippen molar-refractivity contribution >= 4 is 23.8 Å². The topological polar surface area (TPSA) is 111 Å². The highest BCUT2D eigenvalue weighted by Crippen LogP contribution is 1.97. The molecule has 0 heterocycles. The van der Waals surface area contributed by atoms with Crippen molar-refractivity contribution in [1.29, 1.82) is 0 Å². The van der Waals surface area contributed by atoms with Crippen LogP contribution in [0.25, 0.3) is 0 Å². The van der Waals surface area contributed by atoms with Crippen LogP contribution in [-0.4, -0.2) is 49.1 Å². The first kappa shape index (κ1) is 21.6. The zero-order valence-corrected chi connectivity index (χ0v) is 14.6. The van der Waals surface area contributed by atoms with Crippen LogP contribution < -0.4 is 10.6 Å². The number of esters is 2. The standard InChI is InChI=1S/C16H26N2O6/c1-5-9-17-15(21)11(3)23-13(19)7-8-14(20)24-12(4)16(22)18-10-6-2/h7-8,11-12H,5-6,9-10H2,1-4H3,(H,17,21)(H,18,22)/b8-7+/t11-,12-/m0/s1. The molecule has 0 aromatic heterocycles. The lowest BCUT2D eigenvalue weighted by Crippen LogP contribution is -2.36. The largest absolute Gasteiger partial charge is 0.449 e. The quantitative estimate of drug-likeness (QED) is 0.441. The van der Waals surface area contributed by atoms with Gasteiger partial charge in [-0.2, -0.15) is 0 Å². The highest BCUT2D eigenvalue weighted by Gasteiger charge is 2.17. The number of carbonyl (C=O) groups excluding carboxylic acids is 4. The smallest absolute Gasteiger partial charge is 0.331 e. The molecule has 0 aliphatic carbocycles. The number of ether oxygens (including phenoxy) is 2. The lowest BCUT2D eigenvalue weighted by Gasteiger charge is -2.12. The predicted molar refractivity (Wildman–Crippen MR) is 86.8 cm³/mol. The predicted octanol–water partition coefficient (Wildman–Crippen LogP) is 0.458. The molecule has 2 N–H and O–H groups in total. The van der Waals surface area contributed by atoms with Crippen LogP contribution in [0.2, 0.25) is 0 Å². The second-order valence-electron chi connectivity index (χ2n) is 5.07. The van der Waals surface area contributed by atoms with Gasteiger partial charge >= 0.3 is 11.9 Å². The first-order chi connectivity index (χ1) is 11.3. The molecular formula is C16H26N2O6. The van der Waals surface area contributed by atoms with E-state index in [1.54, 1.807) is 0 Å². The molecule has 0 unspecified atom stereocenters. The van der Waals surface area contributed by atoms with Crippen molar-refractivity contribution in [2.24, 2.45) is 0 Å². The molecule has 24 heavy (non-hydrogen) atoms. The van der Waals surface area contributed by atoms with Crippen LogP contribution >= 0.6 is 0 Å². The van der Waals surface area contributed by atoms with Crippen LogP contribution in [0.4, 0.5) is 0 Å². The molecule has 0 saturated carbocycles. The highest BCUT2D eigenvalue weighted by molar-refractivity contribution is 5.94. The summed E-state index contributed by atoms with van der Waals surface area (Å²) in [6.45, 7) is 7.62.